The van der Waals surface area contributed by atoms with Gasteiger partial charge in [0.2, 0.25) is 5.90 Å². The molecule has 0 spiro atoms. The summed E-state index contributed by atoms with van der Waals surface area (Å²) in [4.78, 5) is 13.9. The summed E-state index contributed by atoms with van der Waals surface area (Å²) in [5, 5.41) is 7.45. The second-order valence-electron chi connectivity index (χ2n) is 6.48. The summed E-state index contributed by atoms with van der Waals surface area (Å²) >= 11 is 16.6. The van der Waals surface area contributed by atoms with Crippen molar-refractivity contribution in [2.45, 2.75) is 56.0 Å². The van der Waals surface area contributed by atoms with Gasteiger partial charge >= 0.3 is 6.09 Å². The van der Waals surface area contributed by atoms with Crippen LogP contribution in [-0.4, -0.2) is 45.5 Å². The molecule has 23 heavy (non-hydrogen) atoms. The van der Waals surface area contributed by atoms with Crippen molar-refractivity contribution < 1.29 is 14.3 Å². The van der Waals surface area contributed by atoms with E-state index in [1.165, 1.54) is 0 Å². The SMILES string of the molecule is C[C@H]1C/C(=C\COC(=N)C(Cl)(Cl)Cl)CCN1C(=O)OC(C)(C)C. The van der Waals surface area contributed by atoms with Gasteiger partial charge in [0.05, 0.1) is 0 Å². The third kappa shape index (κ3) is 7.19. The predicted molar refractivity (Wildman–Crippen MR) is 93.7 cm³/mol. The van der Waals surface area contributed by atoms with Gasteiger partial charge in [0.25, 0.3) is 3.79 Å². The minimum absolute atomic E-state index is 0.0393. The Morgan fingerprint density at radius 2 is 2.00 bits per heavy atom. The maximum absolute atomic E-state index is 12.1. The molecule has 0 radical (unpaired) electrons. The predicted octanol–water partition coefficient (Wildman–Crippen LogP) is 4.70. The number of nitrogens with one attached hydrogen (secondary N) is 1. The van der Waals surface area contributed by atoms with Crippen LogP contribution in [0.5, 0.6) is 0 Å². The van der Waals surface area contributed by atoms with Crippen molar-refractivity contribution in [1.29, 1.82) is 5.41 Å². The molecule has 1 atom stereocenters. The van der Waals surface area contributed by atoms with E-state index in [1.807, 2.05) is 33.8 Å². The van der Waals surface area contributed by atoms with E-state index in [0.717, 1.165) is 18.4 Å². The molecular weight excluding hydrogens is 363 g/mol. The molecule has 1 N–H and O–H groups in total. The van der Waals surface area contributed by atoms with Crippen LogP contribution in [0.25, 0.3) is 0 Å². The monoisotopic (exact) mass is 384 g/mol. The van der Waals surface area contributed by atoms with Crippen molar-refractivity contribution in [1.82, 2.24) is 4.90 Å². The highest BCUT2D eigenvalue weighted by molar-refractivity contribution is 6.76. The number of halogens is 3. The van der Waals surface area contributed by atoms with Gasteiger partial charge in [-0.1, -0.05) is 40.4 Å². The molecule has 0 aromatic carbocycles. The number of hydrogen-bond donors (Lipinski definition) is 1. The Bertz CT molecular complexity index is 481. The van der Waals surface area contributed by atoms with E-state index >= 15 is 0 Å². The van der Waals surface area contributed by atoms with Crippen molar-refractivity contribution in [2.24, 2.45) is 0 Å². The zero-order chi connectivity index (χ0) is 17.8. The van der Waals surface area contributed by atoms with Crippen molar-refractivity contribution in [3.05, 3.63) is 11.6 Å². The van der Waals surface area contributed by atoms with Gasteiger partial charge in [-0.05, 0) is 46.6 Å². The Hall–Kier alpha value is -0.650. The molecule has 132 valence electrons. The summed E-state index contributed by atoms with van der Waals surface area (Å²) in [7, 11) is 0. The van der Waals surface area contributed by atoms with Crippen LogP contribution in [-0.2, 0) is 9.47 Å². The van der Waals surface area contributed by atoms with Crippen LogP contribution in [0.4, 0.5) is 4.79 Å². The number of amides is 1. The number of rotatable bonds is 2. The van der Waals surface area contributed by atoms with Gasteiger partial charge < -0.3 is 14.4 Å². The number of hydrogen-bond acceptors (Lipinski definition) is 4. The Balaban J connectivity index is 2.50. The molecule has 0 aromatic heterocycles. The molecule has 0 saturated carbocycles. The fourth-order valence-corrected chi connectivity index (χ4v) is 2.34. The second-order valence-corrected chi connectivity index (χ2v) is 8.76. The number of likely N-dealkylation sites (tertiary alicyclic amines) is 1. The quantitative estimate of drug-likeness (QED) is 0.324. The summed E-state index contributed by atoms with van der Waals surface area (Å²) in [6.07, 6.45) is 3.03. The molecule has 1 amide bonds. The molecule has 8 heteroatoms. The first-order chi connectivity index (χ1) is 10.4. The number of nitrogens with zero attached hydrogens (tertiary/aromatic N) is 1. The first kappa shape index (κ1) is 20.4. The normalized spacial score (nSPS) is 21.3. The van der Waals surface area contributed by atoms with Crippen LogP contribution in [0.15, 0.2) is 11.6 Å². The molecule has 1 aliphatic rings. The Morgan fingerprint density at radius 3 is 2.48 bits per heavy atom. The van der Waals surface area contributed by atoms with Crippen LogP contribution in [0.3, 0.4) is 0 Å². The van der Waals surface area contributed by atoms with E-state index < -0.39 is 15.3 Å². The van der Waals surface area contributed by atoms with Gasteiger partial charge in [0, 0.05) is 12.6 Å². The zero-order valence-corrected chi connectivity index (χ0v) is 16.1. The highest BCUT2D eigenvalue weighted by atomic mass is 35.6. The van der Waals surface area contributed by atoms with Gasteiger partial charge in [-0.15, -0.1) is 0 Å². The molecule has 0 aromatic rings. The van der Waals surface area contributed by atoms with Crippen molar-refractivity contribution in [2.75, 3.05) is 13.2 Å². The zero-order valence-electron chi connectivity index (χ0n) is 13.8. The third-order valence-corrected chi connectivity index (χ3v) is 3.76. The molecule has 5 nitrogen and oxygen atoms in total. The largest absolute Gasteiger partial charge is 0.474 e. The average Bonchev–Trinajstić information content (AvgIpc) is 2.35. The molecule has 0 unspecified atom stereocenters. The van der Waals surface area contributed by atoms with E-state index in [9.17, 15) is 4.79 Å². The van der Waals surface area contributed by atoms with E-state index in [-0.39, 0.29) is 18.7 Å². The summed E-state index contributed by atoms with van der Waals surface area (Å²) in [6, 6.07) is 0.0393. The smallest absolute Gasteiger partial charge is 0.410 e. The second kappa shape index (κ2) is 7.95. The summed E-state index contributed by atoms with van der Waals surface area (Å²) in [6.45, 7) is 8.28. The molecule has 1 saturated heterocycles. The lowest BCUT2D eigenvalue weighted by atomic mass is 9.98. The Kier molecular flexibility index (Phi) is 7.05. The number of piperidine rings is 1. The van der Waals surface area contributed by atoms with Gasteiger partial charge in [-0.25, -0.2) is 4.79 Å². The van der Waals surface area contributed by atoms with Crippen LogP contribution >= 0.6 is 34.8 Å². The Labute approximate surface area is 152 Å². The molecule has 1 fully saturated rings. The molecule has 0 aliphatic carbocycles. The number of carbonyl (C=O) groups is 1. The fraction of sp³-hybridized carbons (Fsp3) is 0.733. The first-order valence-corrected chi connectivity index (χ1v) is 8.49. The van der Waals surface area contributed by atoms with Crippen LogP contribution in [0.2, 0.25) is 0 Å². The molecular formula is C15H23Cl3N2O3. The van der Waals surface area contributed by atoms with E-state index in [0.29, 0.717) is 6.54 Å². The minimum Gasteiger partial charge on any atom is -0.474 e. The first-order valence-electron chi connectivity index (χ1n) is 7.36. The molecule has 1 aliphatic heterocycles. The maximum Gasteiger partial charge on any atom is 0.410 e. The highest BCUT2D eigenvalue weighted by Gasteiger charge is 2.30. The minimum atomic E-state index is -1.84. The number of carbonyl (C=O) groups excluding carboxylic acids is 1. The topological polar surface area (TPSA) is 62.6 Å². The van der Waals surface area contributed by atoms with Crippen molar-refractivity contribution in [3.8, 4) is 0 Å². The molecule has 1 rings (SSSR count). The summed E-state index contributed by atoms with van der Waals surface area (Å²) in [5.74, 6) is -0.404. The lowest BCUT2D eigenvalue weighted by molar-refractivity contribution is 0.0152. The van der Waals surface area contributed by atoms with Gasteiger partial charge in [-0.2, -0.15) is 0 Å². The standard InChI is InChI=1S/C15H23Cl3N2O3/c1-10-9-11(6-8-22-12(19)15(16,17)18)5-7-20(10)13(21)23-14(2,3)4/h6,10,19H,5,7-9H2,1-4H3/b11-6-,19-12?/t10-/m0/s1. The van der Waals surface area contributed by atoms with Gasteiger partial charge in [-0.3, -0.25) is 5.41 Å². The lowest BCUT2D eigenvalue weighted by Gasteiger charge is -2.36. The van der Waals surface area contributed by atoms with Gasteiger partial charge in [0.1, 0.15) is 12.2 Å². The average molecular weight is 386 g/mol. The summed E-state index contributed by atoms with van der Waals surface area (Å²) in [5.41, 5.74) is 0.646. The summed E-state index contributed by atoms with van der Waals surface area (Å²) < 4.78 is 8.65. The third-order valence-electron chi connectivity index (χ3n) is 3.25. The van der Waals surface area contributed by atoms with Crippen molar-refractivity contribution >= 4 is 46.8 Å². The van der Waals surface area contributed by atoms with E-state index in [1.54, 1.807) is 4.90 Å². The van der Waals surface area contributed by atoms with Crippen LogP contribution in [0.1, 0.15) is 40.5 Å². The van der Waals surface area contributed by atoms with Gasteiger partial charge in [0.15, 0.2) is 0 Å². The molecule has 0 bridgehead atoms. The van der Waals surface area contributed by atoms with E-state index in [4.69, 9.17) is 49.7 Å². The van der Waals surface area contributed by atoms with Crippen molar-refractivity contribution in [3.63, 3.8) is 0 Å². The molecule has 1 heterocycles. The number of alkyl halides is 3. The van der Waals surface area contributed by atoms with Crippen LogP contribution < -0.4 is 0 Å². The maximum atomic E-state index is 12.1. The fourth-order valence-electron chi connectivity index (χ4n) is 2.18. The number of ether oxygens (including phenoxy) is 2. The van der Waals surface area contributed by atoms with E-state index in [2.05, 4.69) is 0 Å². The Morgan fingerprint density at radius 1 is 1.39 bits per heavy atom. The highest BCUT2D eigenvalue weighted by Crippen LogP contribution is 2.28. The lowest BCUT2D eigenvalue weighted by Crippen LogP contribution is -2.45. The van der Waals surface area contributed by atoms with Crippen LogP contribution in [0, 0.1) is 5.41 Å².